The molecule has 3 aliphatic rings. The van der Waals surface area contributed by atoms with Crippen molar-refractivity contribution >= 4 is 11.7 Å². The third kappa shape index (κ3) is 3.21. The number of aromatic nitrogens is 2. The highest BCUT2D eigenvalue weighted by molar-refractivity contribution is 5.78. The zero-order valence-electron chi connectivity index (χ0n) is 16.3. The van der Waals surface area contributed by atoms with E-state index in [9.17, 15) is 4.79 Å². The van der Waals surface area contributed by atoms with E-state index < -0.39 is 0 Å². The smallest absolute Gasteiger partial charge is 0.260 e. The van der Waals surface area contributed by atoms with Crippen molar-refractivity contribution in [1.82, 2.24) is 14.9 Å². The van der Waals surface area contributed by atoms with Crippen molar-refractivity contribution in [3.63, 3.8) is 0 Å². The average Bonchev–Trinajstić information content (AvgIpc) is 3.40. The van der Waals surface area contributed by atoms with Crippen LogP contribution in [-0.4, -0.2) is 53.6 Å². The molecule has 3 heterocycles. The molecular weight excluding hydrogens is 352 g/mol. The Labute approximate surface area is 165 Å². The maximum Gasteiger partial charge on any atom is 0.260 e. The molecule has 2 fully saturated rings. The van der Waals surface area contributed by atoms with E-state index in [-0.39, 0.29) is 12.5 Å². The van der Waals surface area contributed by atoms with E-state index in [1.54, 1.807) is 0 Å². The minimum Gasteiger partial charge on any atom is -0.484 e. The number of amides is 1. The first-order valence-electron chi connectivity index (χ1n) is 10.2. The maximum absolute atomic E-state index is 12.6. The first-order valence-corrected chi connectivity index (χ1v) is 10.2. The fraction of sp³-hybridized carbons (Fsp3) is 0.500. The molecule has 0 spiro atoms. The summed E-state index contributed by atoms with van der Waals surface area (Å²) in [5, 5.41) is 0. The Morgan fingerprint density at radius 1 is 1.07 bits per heavy atom. The average molecular weight is 378 g/mol. The molecule has 1 aliphatic carbocycles. The number of aryl methyl sites for hydroxylation is 2. The Kier molecular flexibility index (Phi) is 4.41. The van der Waals surface area contributed by atoms with Crippen LogP contribution in [0.15, 0.2) is 30.3 Å². The fourth-order valence-electron chi connectivity index (χ4n) is 4.92. The zero-order valence-corrected chi connectivity index (χ0v) is 16.3. The predicted molar refractivity (Wildman–Crippen MR) is 107 cm³/mol. The summed E-state index contributed by atoms with van der Waals surface area (Å²) in [6, 6.07) is 9.54. The third-order valence-corrected chi connectivity index (χ3v) is 6.27. The summed E-state index contributed by atoms with van der Waals surface area (Å²) in [6.07, 6.45) is 3.36. The van der Waals surface area contributed by atoms with Crippen molar-refractivity contribution in [2.45, 2.75) is 26.2 Å². The Morgan fingerprint density at radius 2 is 1.82 bits per heavy atom. The Hall–Kier alpha value is -2.63. The lowest BCUT2D eigenvalue weighted by molar-refractivity contribution is -0.132. The van der Waals surface area contributed by atoms with Gasteiger partial charge in [0.15, 0.2) is 6.61 Å². The summed E-state index contributed by atoms with van der Waals surface area (Å²) in [6.45, 7) is 5.72. The molecule has 2 saturated heterocycles. The van der Waals surface area contributed by atoms with Crippen LogP contribution < -0.4 is 9.64 Å². The van der Waals surface area contributed by atoms with Gasteiger partial charge in [0.05, 0.1) is 0 Å². The lowest BCUT2D eigenvalue weighted by atomic mass is 10.0. The standard InChI is InChI=1S/C22H26N4O2/c1-15-23-20-9-5-8-19(20)22(24-15)26-12-16-10-25(11-17(16)13-26)21(27)14-28-18-6-3-2-4-7-18/h2-4,6-7,16-17H,5,8-14H2,1H3. The third-order valence-electron chi connectivity index (χ3n) is 6.27. The topological polar surface area (TPSA) is 58.6 Å². The van der Waals surface area contributed by atoms with Crippen molar-refractivity contribution in [2.24, 2.45) is 11.8 Å². The molecule has 5 rings (SSSR count). The molecule has 28 heavy (non-hydrogen) atoms. The van der Waals surface area contributed by atoms with Gasteiger partial charge in [-0.15, -0.1) is 0 Å². The molecular formula is C22H26N4O2. The number of ether oxygens (including phenoxy) is 1. The number of carbonyl (C=O) groups is 1. The number of likely N-dealkylation sites (tertiary alicyclic amines) is 1. The number of para-hydroxylation sites is 1. The minimum absolute atomic E-state index is 0.0866. The van der Waals surface area contributed by atoms with Crippen molar-refractivity contribution < 1.29 is 9.53 Å². The van der Waals surface area contributed by atoms with Gasteiger partial charge in [0, 0.05) is 49.3 Å². The molecule has 1 amide bonds. The van der Waals surface area contributed by atoms with Crippen molar-refractivity contribution in [3.05, 3.63) is 47.4 Å². The number of hydrogen-bond acceptors (Lipinski definition) is 5. The van der Waals surface area contributed by atoms with E-state index in [2.05, 4.69) is 9.88 Å². The van der Waals surface area contributed by atoms with Crippen LogP contribution in [0, 0.1) is 18.8 Å². The largest absolute Gasteiger partial charge is 0.484 e. The van der Waals surface area contributed by atoms with Crippen LogP contribution >= 0.6 is 0 Å². The Morgan fingerprint density at radius 3 is 2.57 bits per heavy atom. The first kappa shape index (κ1) is 17.5. The summed E-state index contributed by atoms with van der Waals surface area (Å²) >= 11 is 0. The van der Waals surface area contributed by atoms with Gasteiger partial charge in [0.2, 0.25) is 0 Å². The number of nitrogens with zero attached hydrogens (tertiary/aromatic N) is 4. The lowest BCUT2D eigenvalue weighted by Gasteiger charge is -2.24. The predicted octanol–water partition coefficient (Wildman–Crippen LogP) is 2.25. The second-order valence-electron chi connectivity index (χ2n) is 8.20. The zero-order chi connectivity index (χ0) is 19.1. The van der Waals surface area contributed by atoms with E-state index in [1.165, 1.54) is 17.7 Å². The van der Waals surface area contributed by atoms with E-state index >= 15 is 0 Å². The number of hydrogen-bond donors (Lipinski definition) is 0. The van der Waals surface area contributed by atoms with Gasteiger partial charge >= 0.3 is 0 Å². The molecule has 0 saturated carbocycles. The number of fused-ring (bicyclic) bond motifs is 2. The minimum atomic E-state index is 0.0866. The quantitative estimate of drug-likeness (QED) is 0.817. The van der Waals surface area contributed by atoms with Crippen LogP contribution in [0.5, 0.6) is 5.75 Å². The van der Waals surface area contributed by atoms with E-state index in [0.717, 1.165) is 56.4 Å². The lowest BCUT2D eigenvalue weighted by Crippen LogP contribution is -2.36. The second kappa shape index (κ2) is 7.08. The van der Waals surface area contributed by atoms with Gasteiger partial charge in [-0.1, -0.05) is 18.2 Å². The monoisotopic (exact) mass is 378 g/mol. The van der Waals surface area contributed by atoms with Gasteiger partial charge in [-0.25, -0.2) is 9.97 Å². The van der Waals surface area contributed by atoms with Crippen molar-refractivity contribution in [1.29, 1.82) is 0 Å². The van der Waals surface area contributed by atoms with Crippen LogP contribution in [0.4, 0.5) is 5.82 Å². The van der Waals surface area contributed by atoms with Gasteiger partial charge in [0.1, 0.15) is 17.4 Å². The highest BCUT2D eigenvalue weighted by Crippen LogP contribution is 2.37. The Balaban J connectivity index is 1.21. The summed E-state index contributed by atoms with van der Waals surface area (Å²) in [5.41, 5.74) is 2.60. The van der Waals surface area contributed by atoms with Crippen molar-refractivity contribution in [2.75, 3.05) is 37.7 Å². The van der Waals surface area contributed by atoms with Gasteiger partial charge < -0.3 is 14.5 Å². The molecule has 0 radical (unpaired) electrons. The number of benzene rings is 1. The molecule has 6 heteroatoms. The molecule has 2 unspecified atom stereocenters. The molecule has 2 aliphatic heterocycles. The Bertz CT molecular complexity index is 872. The highest BCUT2D eigenvalue weighted by atomic mass is 16.5. The van der Waals surface area contributed by atoms with Crippen LogP contribution in [0.3, 0.4) is 0 Å². The van der Waals surface area contributed by atoms with Gasteiger partial charge in [-0.05, 0) is 38.3 Å². The molecule has 2 aromatic rings. The SMILES string of the molecule is Cc1nc2c(c(N3CC4CN(C(=O)COc5ccccc5)CC4C3)n1)CCC2. The molecule has 2 atom stereocenters. The summed E-state index contributed by atoms with van der Waals surface area (Å²) in [7, 11) is 0. The molecule has 6 nitrogen and oxygen atoms in total. The van der Waals surface area contributed by atoms with Gasteiger partial charge in [0.25, 0.3) is 5.91 Å². The molecule has 146 valence electrons. The maximum atomic E-state index is 12.6. The fourth-order valence-corrected chi connectivity index (χ4v) is 4.92. The van der Waals surface area contributed by atoms with Crippen LogP contribution in [0.25, 0.3) is 0 Å². The number of anilines is 1. The summed E-state index contributed by atoms with van der Waals surface area (Å²) in [4.78, 5) is 26.4. The number of rotatable bonds is 4. The molecule has 0 N–H and O–H groups in total. The first-order chi connectivity index (χ1) is 13.7. The van der Waals surface area contributed by atoms with Crippen LogP contribution in [-0.2, 0) is 17.6 Å². The molecule has 0 bridgehead atoms. The number of carbonyl (C=O) groups excluding carboxylic acids is 1. The van der Waals surface area contributed by atoms with Gasteiger partial charge in [-0.2, -0.15) is 0 Å². The van der Waals surface area contributed by atoms with Crippen LogP contribution in [0.1, 0.15) is 23.5 Å². The summed E-state index contributed by atoms with van der Waals surface area (Å²) in [5.74, 6) is 3.90. The van der Waals surface area contributed by atoms with E-state index in [0.29, 0.717) is 11.8 Å². The van der Waals surface area contributed by atoms with Crippen LogP contribution in [0.2, 0.25) is 0 Å². The highest BCUT2D eigenvalue weighted by Gasteiger charge is 2.42. The van der Waals surface area contributed by atoms with Crippen molar-refractivity contribution in [3.8, 4) is 5.75 Å². The normalized spacial score (nSPS) is 23.0. The summed E-state index contributed by atoms with van der Waals surface area (Å²) < 4.78 is 5.64. The van der Waals surface area contributed by atoms with Gasteiger partial charge in [-0.3, -0.25) is 4.79 Å². The molecule has 1 aromatic carbocycles. The second-order valence-corrected chi connectivity index (χ2v) is 8.20. The van der Waals surface area contributed by atoms with E-state index in [1.807, 2.05) is 42.2 Å². The van der Waals surface area contributed by atoms with E-state index in [4.69, 9.17) is 9.72 Å². The molecule has 1 aromatic heterocycles.